The molecule has 1 aliphatic carbocycles. The highest BCUT2D eigenvalue weighted by molar-refractivity contribution is 5.37. The normalized spacial score (nSPS) is 44.6. The first-order chi connectivity index (χ1) is 10.5. The summed E-state index contributed by atoms with van der Waals surface area (Å²) in [7, 11) is 0. The molecule has 3 aliphatic rings. The van der Waals surface area contributed by atoms with E-state index in [-0.39, 0.29) is 6.61 Å². The molecule has 1 unspecified atom stereocenters. The first kappa shape index (κ1) is 14.6. The van der Waals surface area contributed by atoms with Crippen molar-refractivity contribution in [2.24, 2.45) is 0 Å². The minimum Gasteiger partial charge on any atom is -0.393 e. The van der Waals surface area contributed by atoms with E-state index in [2.05, 4.69) is 0 Å². The Balaban J connectivity index is 1.60. The summed E-state index contributed by atoms with van der Waals surface area (Å²) in [4.78, 5) is 0. The van der Waals surface area contributed by atoms with Crippen LogP contribution < -0.4 is 0 Å². The second kappa shape index (κ2) is 4.50. The van der Waals surface area contributed by atoms with Gasteiger partial charge in [0.05, 0.1) is 13.2 Å². The van der Waals surface area contributed by atoms with E-state index < -0.39 is 35.5 Å². The number of ether oxygens (including phenoxy) is 4. The molecule has 6 nitrogen and oxygen atoms in total. The quantitative estimate of drug-likeness (QED) is 0.846. The van der Waals surface area contributed by atoms with Gasteiger partial charge in [-0.3, -0.25) is 0 Å². The van der Waals surface area contributed by atoms with Gasteiger partial charge in [-0.1, -0.05) is 30.3 Å². The summed E-state index contributed by atoms with van der Waals surface area (Å²) in [6.07, 6.45) is -2.14. The van der Waals surface area contributed by atoms with E-state index in [1.807, 2.05) is 30.3 Å². The molecule has 120 valence electrons. The zero-order valence-electron chi connectivity index (χ0n) is 12.6. The van der Waals surface area contributed by atoms with Crippen LogP contribution in [0.2, 0.25) is 0 Å². The van der Waals surface area contributed by atoms with E-state index in [9.17, 15) is 10.2 Å². The monoisotopic (exact) mass is 308 g/mol. The van der Waals surface area contributed by atoms with Gasteiger partial charge in [0.25, 0.3) is 0 Å². The molecule has 0 spiro atoms. The minimum absolute atomic E-state index is 0.302. The zero-order valence-corrected chi connectivity index (χ0v) is 12.6. The lowest BCUT2D eigenvalue weighted by Gasteiger charge is -2.24. The van der Waals surface area contributed by atoms with Crippen molar-refractivity contribution in [1.82, 2.24) is 0 Å². The van der Waals surface area contributed by atoms with Crippen LogP contribution in [-0.2, 0) is 25.6 Å². The summed E-state index contributed by atoms with van der Waals surface area (Å²) in [6, 6.07) is 9.65. The van der Waals surface area contributed by atoms with Gasteiger partial charge in [0.15, 0.2) is 23.3 Å². The van der Waals surface area contributed by atoms with Crippen LogP contribution in [-0.4, -0.2) is 52.3 Å². The fourth-order valence-corrected chi connectivity index (χ4v) is 3.66. The molecular formula is C16H20O6. The van der Waals surface area contributed by atoms with Gasteiger partial charge in [0.1, 0.15) is 12.2 Å². The molecule has 2 N–H and O–H groups in total. The summed E-state index contributed by atoms with van der Waals surface area (Å²) < 4.78 is 23.3. The summed E-state index contributed by atoms with van der Waals surface area (Å²) in [6.45, 7) is 3.53. The largest absolute Gasteiger partial charge is 0.393 e. The lowest BCUT2D eigenvalue weighted by atomic mass is 10.1. The molecule has 3 fully saturated rings. The van der Waals surface area contributed by atoms with Crippen molar-refractivity contribution in [3.05, 3.63) is 35.9 Å². The number of fused-ring (bicyclic) bond motifs is 3. The highest BCUT2D eigenvalue weighted by Crippen LogP contribution is 2.65. The Hall–Kier alpha value is -1.02. The third kappa shape index (κ3) is 1.71. The van der Waals surface area contributed by atoms with Gasteiger partial charge in [-0.15, -0.1) is 0 Å². The molecule has 1 aromatic carbocycles. The van der Waals surface area contributed by atoms with Crippen LogP contribution in [0.1, 0.15) is 19.4 Å². The van der Waals surface area contributed by atoms with Crippen molar-refractivity contribution in [2.75, 3.05) is 6.61 Å². The highest BCUT2D eigenvalue weighted by Gasteiger charge is 2.91. The number of aliphatic hydroxyl groups is 2. The number of aliphatic hydroxyl groups excluding tert-OH is 2. The minimum atomic E-state index is -1.16. The molecule has 0 aromatic heterocycles. The third-order valence-corrected chi connectivity index (χ3v) is 4.79. The maximum Gasteiger partial charge on any atom is 0.191 e. The molecule has 5 atom stereocenters. The van der Waals surface area contributed by atoms with E-state index in [4.69, 9.17) is 18.9 Å². The molecule has 22 heavy (non-hydrogen) atoms. The van der Waals surface area contributed by atoms with Crippen LogP contribution in [0.25, 0.3) is 0 Å². The van der Waals surface area contributed by atoms with E-state index in [0.29, 0.717) is 6.61 Å². The van der Waals surface area contributed by atoms with Crippen molar-refractivity contribution in [3.8, 4) is 0 Å². The number of benzene rings is 1. The molecule has 1 aromatic rings. The maximum absolute atomic E-state index is 10.4. The lowest BCUT2D eigenvalue weighted by molar-refractivity contribution is -0.225. The Labute approximate surface area is 128 Å². The standard InChI is InChI=1S/C16H20O6/c1-14(2)20-11-12(21-14)22-15(9-17)13(18)16(11,15)19-8-10-6-4-3-5-7-10/h3-7,11-13,17-18H,8-9H2,1-2H3/t11-,12-,13?,15+,16+/m0/s1. The summed E-state index contributed by atoms with van der Waals surface area (Å²) in [5.41, 5.74) is -1.27. The predicted octanol–water partition coefficient (Wildman–Crippen LogP) is 0.555. The smallest absolute Gasteiger partial charge is 0.191 e. The molecule has 2 heterocycles. The number of rotatable bonds is 4. The van der Waals surface area contributed by atoms with Gasteiger partial charge in [0, 0.05) is 0 Å². The van der Waals surface area contributed by atoms with E-state index >= 15 is 0 Å². The molecule has 1 saturated carbocycles. The van der Waals surface area contributed by atoms with Crippen LogP contribution in [0.15, 0.2) is 30.3 Å². The Kier molecular flexibility index (Phi) is 2.98. The number of hydrogen-bond donors (Lipinski definition) is 2. The van der Waals surface area contributed by atoms with Crippen LogP contribution in [0.4, 0.5) is 0 Å². The maximum atomic E-state index is 10.4. The average Bonchev–Trinajstić information content (AvgIpc) is 2.73. The molecule has 2 aliphatic heterocycles. The van der Waals surface area contributed by atoms with Crippen molar-refractivity contribution in [3.63, 3.8) is 0 Å². The Morgan fingerprint density at radius 2 is 1.86 bits per heavy atom. The molecule has 0 amide bonds. The second-order valence-electron chi connectivity index (χ2n) is 6.56. The molecule has 0 bridgehead atoms. The summed E-state index contributed by atoms with van der Waals surface area (Å²) in [5, 5.41) is 20.1. The molecule has 2 saturated heterocycles. The molecule has 6 heteroatoms. The fraction of sp³-hybridized carbons (Fsp3) is 0.625. The van der Waals surface area contributed by atoms with Crippen LogP contribution in [0.5, 0.6) is 0 Å². The average molecular weight is 308 g/mol. The van der Waals surface area contributed by atoms with Crippen molar-refractivity contribution >= 4 is 0 Å². The number of hydrogen-bond acceptors (Lipinski definition) is 6. The fourth-order valence-electron chi connectivity index (χ4n) is 3.66. The van der Waals surface area contributed by atoms with Gasteiger partial charge >= 0.3 is 0 Å². The lowest BCUT2D eigenvalue weighted by Crippen LogP contribution is -2.40. The van der Waals surface area contributed by atoms with Gasteiger partial charge < -0.3 is 29.2 Å². The Morgan fingerprint density at radius 3 is 2.55 bits per heavy atom. The van der Waals surface area contributed by atoms with Crippen molar-refractivity contribution in [2.45, 2.75) is 55.9 Å². The Bertz CT molecular complexity index is 575. The SMILES string of the molecule is CC1(C)O[C@H]2O[C@]3(CO)C(O)[C@]3(OCc3ccccc3)[C@H]2O1. The molecule has 0 radical (unpaired) electrons. The van der Waals surface area contributed by atoms with Gasteiger partial charge in [-0.25, -0.2) is 0 Å². The summed E-state index contributed by atoms with van der Waals surface area (Å²) in [5.74, 6) is -0.803. The molecular weight excluding hydrogens is 288 g/mol. The van der Waals surface area contributed by atoms with E-state index in [0.717, 1.165) is 5.56 Å². The third-order valence-electron chi connectivity index (χ3n) is 4.79. The highest BCUT2D eigenvalue weighted by atomic mass is 16.9. The Morgan fingerprint density at radius 1 is 1.14 bits per heavy atom. The van der Waals surface area contributed by atoms with Gasteiger partial charge in [-0.2, -0.15) is 0 Å². The van der Waals surface area contributed by atoms with Crippen molar-refractivity contribution < 1.29 is 29.2 Å². The second-order valence-corrected chi connectivity index (χ2v) is 6.56. The van der Waals surface area contributed by atoms with Gasteiger partial charge in [-0.05, 0) is 19.4 Å². The first-order valence-corrected chi connectivity index (χ1v) is 7.45. The van der Waals surface area contributed by atoms with Crippen LogP contribution in [0.3, 0.4) is 0 Å². The van der Waals surface area contributed by atoms with E-state index in [1.54, 1.807) is 13.8 Å². The van der Waals surface area contributed by atoms with Crippen LogP contribution in [0, 0.1) is 0 Å². The predicted molar refractivity (Wildman–Crippen MR) is 74.7 cm³/mol. The van der Waals surface area contributed by atoms with Gasteiger partial charge in [0.2, 0.25) is 0 Å². The summed E-state index contributed by atoms with van der Waals surface area (Å²) >= 11 is 0. The van der Waals surface area contributed by atoms with E-state index in [1.165, 1.54) is 0 Å². The molecule has 4 rings (SSSR count). The first-order valence-electron chi connectivity index (χ1n) is 7.45. The van der Waals surface area contributed by atoms with Crippen LogP contribution >= 0.6 is 0 Å². The topological polar surface area (TPSA) is 77.4 Å². The zero-order chi connectivity index (χ0) is 15.6. The van der Waals surface area contributed by atoms with Crippen molar-refractivity contribution in [1.29, 1.82) is 0 Å².